The van der Waals surface area contributed by atoms with Gasteiger partial charge in [-0.1, -0.05) is 81.1 Å². The van der Waals surface area contributed by atoms with Gasteiger partial charge < -0.3 is 10.6 Å². The van der Waals surface area contributed by atoms with Crippen molar-refractivity contribution in [2.45, 2.75) is 38.8 Å². The Morgan fingerprint density at radius 2 is 1.00 bits per heavy atom. The minimum atomic E-state index is -0.123. The summed E-state index contributed by atoms with van der Waals surface area (Å²) >= 11 is 24.5. The first-order chi connectivity index (χ1) is 22.2. The van der Waals surface area contributed by atoms with E-state index >= 15 is 0 Å². The van der Waals surface area contributed by atoms with Crippen molar-refractivity contribution in [1.82, 2.24) is 30.0 Å². The second kappa shape index (κ2) is 14.0. The smallest absolute Gasteiger partial charge is 0.224 e. The number of amides is 2. The van der Waals surface area contributed by atoms with Crippen molar-refractivity contribution in [3.05, 3.63) is 104 Å². The third-order valence-electron chi connectivity index (χ3n) is 7.26. The van der Waals surface area contributed by atoms with Crippen molar-refractivity contribution in [2.75, 3.05) is 10.6 Å². The van der Waals surface area contributed by atoms with Crippen LogP contribution in [0.15, 0.2) is 72.8 Å². The van der Waals surface area contributed by atoms with E-state index in [2.05, 4.69) is 31.3 Å². The van der Waals surface area contributed by atoms with Crippen LogP contribution in [-0.2, 0) is 22.7 Å². The average molecular weight is 696 g/mol. The molecule has 0 saturated heterocycles. The summed E-state index contributed by atoms with van der Waals surface area (Å²) in [5.41, 5.74) is 6.04. The van der Waals surface area contributed by atoms with Crippen LogP contribution in [0.1, 0.15) is 36.8 Å². The first kappa shape index (κ1) is 31.7. The number of hydrogen-bond acceptors (Lipinski definition) is 6. The SMILES string of the molecule is O=C(CCCCC(=O)Nc1cccc(Cn2nnc3cc(Cl)c(Cl)cc32)c1)Nc1cccc(Cn2nnc3cc(Cl)c(Cl)cc32)c1. The lowest BCUT2D eigenvalue weighted by Crippen LogP contribution is -2.14. The molecule has 0 aliphatic rings. The molecule has 0 spiro atoms. The molecule has 2 aromatic heterocycles. The summed E-state index contributed by atoms with van der Waals surface area (Å²) in [7, 11) is 0. The van der Waals surface area contributed by atoms with Crippen molar-refractivity contribution in [3.8, 4) is 0 Å². The Bertz CT molecular complexity index is 1930. The highest BCUT2D eigenvalue weighted by molar-refractivity contribution is 6.43. The van der Waals surface area contributed by atoms with Gasteiger partial charge in [0.2, 0.25) is 11.8 Å². The zero-order valence-electron chi connectivity index (χ0n) is 24.2. The van der Waals surface area contributed by atoms with E-state index < -0.39 is 0 Å². The van der Waals surface area contributed by atoms with Crippen LogP contribution in [0.5, 0.6) is 0 Å². The molecule has 6 rings (SSSR count). The van der Waals surface area contributed by atoms with E-state index in [-0.39, 0.29) is 11.8 Å². The number of carbonyl (C=O) groups excluding carboxylic acids is 2. The third-order valence-corrected chi connectivity index (χ3v) is 8.70. The molecule has 0 unspecified atom stereocenters. The summed E-state index contributed by atoms with van der Waals surface area (Å²) in [4.78, 5) is 25.2. The first-order valence-electron chi connectivity index (χ1n) is 14.4. The minimum Gasteiger partial charge on any atom is -0.326 e. The van der Waals surface area contributed by atoms with Crippen molar-refractivity contribution in [2.24, 2.45) is 0 Å². The molecule has 0 aliphatic carbocycles. The number of aromatic nitrogens is 6. The van der Waals surface area contributed by atoms with Gasteiger partial charge in [-0.15, -0.1) is 10.2 Å². The maximum atomic E-state index is 12.6. The predicted molar refractivity (Wildman–Crippen MR) is 182 cm³/mol. The van der Waals surface area contributed by atoms with Crippen LogP contribution in [0.25, 0.3) is 22.1 Å². The van der Waals surface area contributed by atoms with Gasteiger partial charge in [0.05, 0.1) is 44.2 Å². The maximum absolute atomic E-state index is 12.6. The van der Waals surface area contributed by atoms with Gasteiger partial charge in [0.25, 0.3) is 0 Å². The summed E-state index contributed by atoms with van der Waals surface area (Å²) < 4.78 is 3.46. The van der Waals surface area contributed by atoms with Gasteiger partial charge in [0, 0.05) is 24.2 Å². The van der Waals surface area contributed by atoms with E-state index in [1.165, 1.54) is 0 Å². The summed E-state index contributed by atoms with van der Waals surface area (Å²) in [5, 5.41) is 24.3. The lowest BCUT2D eigenvalue weighted by molar-refractivity contribution is -0.118. The monoisotopic (exact) mass is 694 g/mol. The van der Waals surface area contributed by atoms with Gasteiger partial charge in [0.15, 0.2) is 0 Å². The summed E-state index contributed by atoms with van der Waals surface area (Å²) in [6, 6.07) is 21.9. The Kier molecular flexibility index (Phi) is 9.70. The van der Waals surface area contributed by atoms with Gasteiger partial charge in [-0.2, -0.15) is 0 Å². The van der Waals surface area contributed by atoms with Crippen LogP contribution >= 0.6 is 46.4 Å². The highest BCUT2D eigenvalue weighted by atomic mass is 35.5. The molecule has 2 amide bonds. The van der Waals surface area contributed by atoms with Gasteiger partial charge >= 0.3 is 0 Å². The number of carbonyl (C=O) groups is 2. The topological polar surface area (TPSA) is 120 Å². The Labute approximate surface area is 283 Å². The molecule has 0 fully saturated rings. The number of halogens is 4. The second-order valence-electron chi connectivity index (χ2n) is 10.7. The number of nitrogens with zero attached hydrogens (tertiary/aromatic N) is 6. The quantitative estimate of drug-likeness (QED) is 0.133. The van der Waals surface area contributed by atoms with E-state index in [0.29, 0.717) is 81.3 Å². The molecule has 10 nitrogen and oxygen atoms in total. The van der Waals surface area contributed by atoms with Crippen LogP contribution in [0.4, 0.5) is 11.4 Å². The molecule has 2 heterocycles. The lowest BCUT2D eigenvalue weighted by Gasteiger charge is -2.09. The summed E-state index contributed by atoms with van der Waals surface area (Å²) in [5.74, 6) is -0.246. The van der Waals surface area contributed by atoms with Gasteiger partial charge in [0.1, 0.15) is 11.0 Å². The van der Waals surface area contributed by atoms with E-state index in [1.54, 1.807) is 33.6 Å². The molecule has 6 aromatic rings. The number of nitrogens with one attached hydrogen (secondary N) is 2. The molecule has 0 atom stereocenters. The second-order valence-corrected chi connectivity index (χ2v) is 12.3. The third kappa shape index (κ3) is 7.59. The molecular weight excluding hydrogens is 670 g/mol. The van der Waals surface area contributed by atoms with E-state index in [1.807, 2.05) is 48.5 Å². The van der Waals surface area contributed by atoms with Crippen LogP contribution in [0.2, 0.25) is 20.1 Å². The number of hydrogen-bond donors (Lipinski definition) is 2. The Morgan fingerprint density at radius 3 is 1.43 bits per heavy atom. The van der Waals surface area contributed by atoms with Crippen molar-refractivity contribution >= 4 is 91.7 Å². The standard InChI is InChI=1S/C32H26Cl4N8O2/c33-23-13-27-29(15-25(23)35)43(41-39-27)17-19-5-3-7-21(11-19)37-31(45)9-1-2-10-32(46)38-22-8-4-6-20(12-22)18-44-30-16-26(36)24(34)14-28(30)40-42-44/h3-8,11-16H,1-2,9-10,17-18H2,(H,37,45)(H,38,46). The molecular formula is C32H26Cl4N8O2. The molecule has 2 N–H and O–H groups in total. The highest BCUT2D eigenvalue weighted by Crippen LogP contribution is 2.28. The van der Waals surface area contributed by atoms with Gasteiger partial charge in [-0.05, 0) is 72.5 Å². The number of fused-ring (bicyclic) bond motifs is 2. The maximum Gasteiger partial charge on any atom is 0.224 e. The van der Waals surface area contributed by atoms with Crippen LogP contribution in [0.3, 0.4) is 0 Å². The molecule has 234 valence electrons. The fourth-order valence-electron chi connectivity index (χ4n) is 5.02. The fraction of sp³-hybridized carbons (Fsp3) is 0.188. The highest BCUT2D eigenvalue weighted by Gasteiger charge is 2.12. The molecule has 0 saturated carbocycles. The van der Waals surface area contributed by atoms with E-state index in [9.17, 15) is 9.59 Å². The molecule has 0 radical (unpaired) electrons. The van der Waals surface area contributed by atoms with Crippen LogP contribution < -0.4 is 10.6 Å². The largest absolute Gasteiger partial charge is 0.326 e. The molecule has 46 heavy (non-hydrogen) atoms. The number of anilines is 2. The Balaban J connectivity index is 0.956. The first-order valence-corrected chi connectivity index (χ1v) is 15.9. The zero-order valence-corrected chi connectivity index (χ0v) is 27.2. The van der Waals surface area contributed by atoms with Crippen molar-refractivity contribution in [1.29, 1.82) is 0 Å². The fourth-order valence-corrected chi connectivity index (χ4v) is 5.65. The minimum absolute atomic E-state index is 0.123. The van der Waals surface area contributed by atoms with E-state index in [4.69, 9.17) is 46.4 Å². The van der Waals surface area contributed by atoms with Crippen molar-refractivity contribution < 1.29 is 9.59 Å². The van der Waals surface area contributed by atoms with Crippen LogP contribution in [0, 0.1) is 0 Å². The normalized spacial score (nSPS) is 11.3. The lowest BCUT2D eigenvalue weighted by atomic mass is 10.1. The van der Waals surface area contributed by atoms with Gasteiger partial charge in [-0.3, -0.25) is 9.59 Å². The molecule has 14 heteroatoms. The van der Waals surface area contributed by atoms with Gasteiger partial charge in [-0.25, -0.2) is 9.36 Å². The van der Waals surface area contributed by atoms with Crippen molar-refractivity contribution in [3.63, 3.8) is 0 Å². The zero-order chi connectivity index (χ0) is 32.2. The summed E-state index contributed by atoms with van der Waals surface area (Å²) in [6.45, 7) is 0.884. The van der Waals surface area contributed by atoms with Crippen LogP contribution in [-0.4, -0.2) is 41.8 Å². The average Bonchev–Trinajstić information content (AvgIpc) is 3.59. The molecule has 0 aliphatic heterocycles. The Hall–Kier alpha value is -4.22. The predicted octanol–water partition coefficient (Wildman–Crippen LogP) is 8.02. The van der Waals surface area contributed by atoms with E-state index in [0.717, 1.165) is 22.2 Å². The summed E-state index contributed by atoms with van der Waals surface area (Å²) in [6.07, 6.45) is 1.72. The number of benzene rings is 4. The Morgan fingerprint density at radius 1 is 0.587 bits per heavy atom. The number of rotatable bonds is 11. The molecule has 0 bridgehead atoms. The number of unbranched alkanes of at least 4 members (excludes halogenated alkanes) is 1. The molecule has 4 aromatic carbocycles.